The predicted molar refractivity (Wildman–Crippen MR) is 149 cm³/mol. The number of carbonyl (C=O) groups excluding carboxylic acids is 2. The van der Waals surface area contributed by atoms with Crippen LogP contribution >= 0.6 is 11.8 Å². The Morgan fingerprint density at radius 1 is 0.973 bits per heavy atom. The van der Waals surface area contributed by atoms with E-state index in [1.165, 1.54) is 50.3 Å². The standard InChI is InChI=1S/C29H43N5O2S/c1-20(2)26(30-28(36)22-17-15-21(3)16-18-22)27-31-32-29(33(27)4)37-19-25(35)34(23-11-7-5-8-12-23)24-13-9-6-10-14-24/h15-18,20,23-24,26H,5-14,19H2,1-4H3,(H,30,36)/t26-/m1/s1. The van der Waals surface area contributed by atoms with Gasteiger partial charge in [0.2, 0.25) is 5.91 Å². The fourth-order valence-electron chi connectivity index (χ4n) is 5.81. The highest BCUT2D eigenvalue weighted by atomic mass is 32.2. The molecule has 1 atom stereocenters. The van der Waals surface area contributed by atoms with E-state index >= 15 is 0 Å². The summed E-state index contributed by atoms with van der Waals surface area (Å²) < 4.78 is 1.93. The minimum Gasteiger partial charge on any atom is -0.342 e. The number of aromatic nitrogens is 3. The van der Waals surface area contributed by atoms with Gasteiger partial charge in [-0.25, -0.2) is 0 Å². The van der Waals surface area contributed by atoms with E-state index in [-0.39, 0.29) is 23.8 Å². The van der Waals surface area contributed by atoms with Crippen molar-refractivity contribution >= 4 is 23.6 Å². The topological polar surface area (TPSA) is 80.1 Å². The predicted octanol–water partition coefficient (Wildman–Crippen LogP) is 5.84. The van der Waals surface area contributed by atoms with Gasteiger partial charge in [-0.15, -0.1) is 10.2 Å². The molecule has 7 nitrogen and oxygen atoms in total. The number of thioether (sulfide) groups is 1. The van der Waals surface area contributed by atoms with Crippen LogP contribution in [-0.2, 0) is 11.8 Å². The lowest BCUT2D eigenvalue weighted by Crippen LogP contribution is -2.49. The van der Waals surface area contributed by atoms with Crippen LogP contribution in [0.2, 0.25) is 0 Å². The van der Waals surface area contributed by atoms with Crippen molar-refractivity contribution in [3.05, 3.63) is 41.2 Å². The maximum atomic E-state index is 13.6. The lowest BCUT2D eigenvalue weighted by Gasteiger charge is -2.41. The Kier molecular flexibility index (Phi) is 9.68. The molecule has 2 amide bonds. The van der Waals surface area contributed by atoms with Crippen LogP contribution in [0.15, 0.2) is 29.4 Å². The van der Waals surface area contributed by atoms with Crippen molar-refractivity contribution < 1.29 is 9.59 Å². The third-order valence-electron chi connectivity index (χ3n) is 7.96. The van der Waals surface area contributed by atoms with Crippen LogP contribution in [0.1, 0.15) is 106 Å². The van der Waals surface area contributed by atoms with Crippen molar-refractivity contribution in [2.45, 2.75) is 108 Å². The molecule has 2 aromatic rings. The van der Waals surface area contributed by atoms with Crippen LogP contribution in [-0.4, -0.2) is 49.3 Å². The van der Waals surface area contributed by atoms with Gasteiger partial charge in [0.15, 0.2) is 11.0 Å². The molecule has 8 heteroatoms. The minimum absolute atomic E-state index is 0.123. The minimum atomic E-state index is -0.280. The number of benzene rings is 1. The van der Waals surface area contributed by atoms with E-state index in [4.69, 9.17) is 0 Å². The molecule has 1 aromatic carbocycles. The summed E-state index contributed by atoms with van der Waals surface area (Å²) in [6.07, 6.45) is 12.0. The molecule has 1 heterocycles. The molecule has 2 aliphatic rings. The number of hydrogen-bond donors (Lipinski definition) is 1. The number of carbonyl (C=O) groups is 2. The SMILES string of the molecule is Cc1ccc(C(=O)N[C@@H](c2nnc(SCC(=O)N(C3CCCCC3)C3CCCCC3)n2C)C(C)C)cc1. The van der Waals surface area contributed by atoms with E-state index in [0.717, 1.165) is 31.2 Å². The molecule has 0 aliphatic heterocycles. The second kappa shape index (κ2) is 12.9. The van der Waals surface area contributed by atoms with Crippen LogP contribution in [0.4, 0.5) is 0 Å². The molecular formula is C29H43N5O2S. The smallest absolute Gasteiger partial charge is 0.251 e. The molecule has 202 valence electrons. The molecule has 0 saturated heterocycles. The van der Waals surface area contributed by atoms with Crippen molar-refractivity contribution in [3.63, 3.8) is 0 Å². The average molecular weight is 526 g/mol. The first-order chi connectivity index (χ1) is 17.8. The molecule has 2 saturated carbocycles. The molecule has 0 spiro atoms. The number of rotatable bonds is 9. The Morgan fingerprint density at radius 3 is 2.08 bits per heavy atom. The Balaban J connectivity index is 1.43. The Labute approximate surface area is 226 Å². The third-order valence-corrected chi connectivity index (χ3v) is 8.97. The number of amides is 2. The highest BCUT2D eigenvalue weighted by Gasteiger charge is 2.33. The monoisotopic (exact) mass is 525 g/mol. The number of nitrogens with zero attached hydrogens (tertiary/aromatic N) is 4. The molecule has 0 radical (unpaired) electrons. The highest BCUT2D eigenvalue weighted by Crippen LogP contribution is 2.32. The lowest BCUT2D eigenvalue weighted by atomic mass is 9.88. The maximum absolute atomic E-state index is 13.6. The molecule has 4 rings (SSSR count). The largest absolute Gasteiger partial charge is 0.342 e. The quantitative estimate of drug-likeness (QED) is 0.416. The molecule has 2 aliphatic carbocycles. The summed E-state index contributed by atoms with van der Waals surface area (Å²) in [5, 5.41) is 12.7. The first kappa shape index (κ1) is 27.7. The van der Waals surface area contributed by atoms with Gasteiger partial charge >= 0.3 is 0 Å². The molecule has 2 fully saturated rings. The fraction of sp³-hybridized carbons (Fsp3) is 0.655. The Hall–Kier alpha value is -2.35. The van der Waals surface area contributed by atoms with Crippen LogP contribution < -0.4 is 5.32 Å². The summed E-state index contributed by atoms with van der Waals surface area (Å²) in [4.78, 5) is 28.8. The first-order valence-corrected chi connectivity index (χ1v) is 15.0. The first-order valence-electron chi connectivity index (χ1n) is 14.1. The zero-order chi connectivity index (χ0) is 26.4. The summed E-state index contributed by atoms with van der Waals surface area (Å²) in [7, 11) is 1.93. The van der Waals surface area contributed by atoms with E-state index in [9.17, 15) is 9.59 Å². The van der Waals surface area contributed by atoms with E-state index < -0.39 is 0 Å². The average Bonchev–Trinajstić information content (AvgIpc) is 3.27. The van der Waals surface area contributed by atoms with E-state index in [0.29, 0.717) is 34.4 Å². The number of aryl methyl sites for hydroxylation is 1. The van der Waals surface area contributed by atoms with Crippen molar-refractivity contribution in [2.75, 3.05) is 5.75 Å². The number of nitrogens with one attached hydrogen (secondary N) is 1. The summed E-state index contributed by atoms with van der Waals surface area (Å²) in [6.45, 7) is 6.14. The van der Waals surface area contributed by atoms with E-state index in [1.807, 2.05) is 42.8 Å². The summed E-state index contributed by atoms with van der Waals surface area (Å²) in [6, 6.07) is 8.07. The van der Waals surface area contributed by atoms with Gasteiger partial charge < -0.3 is 14.8 Å². The summed E-state index contributed by atoms with van der Waals surface area (Å²) in [5.41, 5.74) is 1.75. The van der Waals surface area contributed by atoms with Crippen LogP contribution in [0.3, 0.4) is 0 Å². The van der Waals surface area contributed by atoms with Crippen LogP contribution in [0.25, 0.3) is 0 Å². The highest BCUT2D eigenvalue weighted by molar-refractivity contribution is 7.99. The van der Waals surface area contributed by atoms with Gasteiger partial charge in [-0.05, 0) is 50.7 Å². The molecular weight excluding hydrogens is 482 g/mol. The zero-order valence-electron chi connectivity index (χ0n) is 22.9. The lowest BCUT2D eigenvalue weighted by molar-refractivity contribution is -0.135. The van der Waals surface area contributed by atoms with Gasteiger partial charge in [0.1, 0.15) is 0 Å². The zero-order valence-corrected chi connectivity index (χ0v) is 23.7. The van der Waals surface area contributed by atoms with Crippen molar-refractivity contribution in [3.8, 4) is 0 Å². The van der Waals surface area contributed by atoms with Crippen molar-refractivity contribution in [2.24, 2.45) is 13.0 Å². The van der Waals surface area contributed by atoms with Gasteiger partial charge in [0.05, 0.1) is 11.8 Å². The van der Waals surface area contributed by atoms with E-state index in [1.54, 1.807) is 0 Å². The van der Waals surface area contributed by atoms with Crippen LogP contribution in [0.5, 0.6) is 0 Å². The maximum Gasteiger partial charge on any atom is 0.251 e. The molecule has 1 N–H and O–H groups in total. The van der Waals surface area contributed by atoms with Gasteiger partial charge in [0.25, 0.3) is 5.91 Å². The molecule has 1 aromatic heterocycles. The summed E-state index contributed by atoms with van der Waals surface area (Å²) >= 11 is 1.46. The normalized spacial score (nSPS) is 18.1. The van der Waals surface area contributed by atoms with Crippen LogP contribution in [0, 0.1) is 12.8 Å². The van der Waals surface area contributed by atoms with E-state index in [2.05, 4.69) is 34.3 Å². The Morgan fingerprint density at radius 2 is 1.54 bits per heavy atom. The third kappa shape index (κ3) is 6.95. The van der Waals surface area contributed by atoms with Crippen molar-refractivity contribution in [1.82, 2.24) is 25.0 Å². The van der Waals surface area contributed by atoms with Crippen molar-refractivity contribution in [1.29, 1.82) is 0 Å². The second-order valence-electron chi connectivity index (χ2n) is 11.1. The van der Waals surface area contributed by atoms with Gasteiger partial charge in [-0.3, -0.25) is 9.59 Å². The summed E-state index contributed by atoms with van der Waals surface area (Å²) in [5.74, 6) is 1.33. The van der Waals surface area contributed by atoms with Gasteiger partial charge in [-0.1, -0.05) is 81.8 Å². The molecule has 37 heavy (non-hydrogen) atoms. The molecule has 0 bridgehead atoms. The second-order valence-corrected chi connectivity index (χ2v) is 12.1. The Bertz CT molecular complexity index is 1020. The number of hydrogen-bond acceptors (Lipinski definition) is 5. The fourth-order valence-corrected chi connectivity index (χ4v) is 6.59. The molecule has 0 unspecified atom stereocenters. The van der Waals surface area contributed by atoms with Gasteiger partial charge in [-0.2, -0.15) is 0 Å². The van der Waals surface area contributed by atoms with Gasteiger partial charge in [0, 0.05) is 24.7 Å².